The van der Waals surface area contributed by atoms with Crippen molar-refractivity contribution in [3.8, 4) is 0 Å². The van der Waals surface area contributed by atoms with Crippen LogP contribution < -0.4 is 0 Å². The Hall–Kier alpha value is -0.913. The summed E-state index contributed by atoms with van der Waals surface area (Å²) in [6.07, 6.45) is 6.20. The molecular weight excluding hydrogens is 384 g/mol. The zero-order valence-corrected chi connectivity index (χ0v) is 19.7. The second-order valence-corrected chi connectivity index (χ2v) is 17.2. The van der Waals surface area contributed by atoms with E-state index in [1.165, 1.54) is 5.57 Å². The summed E-state index contributed by atoms with van der Waals surface area (Å²) < 4.78 is 33.5. The third kappa shape index (κ3) is 2.96. The van der Waals surface area contributed by atoms with Crippen LogP contribution in [0, 0.1) is 11.3 Å². The molecule has 1 aromatic rings. The lowest BCUT2D eigenvalue weighted by atomic mass is 9.77. The van der Waals surface area contributed by atoms with Crippen molar-refractivity contribution in [1.29, 1.82) is 0 Å². The fraction of sp³-hybridized carbons (Fsp3) is 0.652. The first-order chi connectivity index (χ1) is 13.0. The lowest BCUT2D eigenvalue weighted by Crippen LogP contribution is -2.45. The van der Waals surface area contributed by atoms with E-state index in [-0.39, 0.29) is 10.5 Å². The summed E-state index contributed by atoms with van der Waals surface area (Å²) in [7, 11) is -5.18. The predicted octanol–water partition coefficient (Wildman–Crippen LogP) is 6.09. The summed E-state index contributed by atoms with van der Waals surface area (Å²) in [6.45, 7) is 11.6. The van der Waals surface area contributed by atoms with Crippen LogP contribution in [0.5, 0.6) is 0 Å². The molecule has 3 aliphatic carbocycles. The molecule has 1 aromatic carbocycles. The second kappa shape index (κ2) is 6.54. The Morgan fingerprint density at radius 3 is 2.36 bits per heavy atom. The fourth-order valence-corrected chi connectivity index (χ4v) is 8.82. The van der Waals surface area contributed by atoms with Crippen molar-refractivity contribution in [2.75, 3.05) is 0 Å². The number of rotatable bonds is 4. The summed E-state index contributed by atoms with van der Waals surface area (Å²) in [4.78, 5) is 1.18. The maximum absolute atomic E-state index is 13.3. The number of hydrogen-bond acceptors (Lipinski definition) is 3. The van der Waals surface area contributed by atoms with Gasteiger partial charge in [0, 0.05) is 11.0 Å². The Bertz CT molecular complexity index is 896. The maximum Gasteiger partial charge on any atom is 0.202 e. The number of allylic oxidation sites excluding steroid dienone is 2. The van der Waals surface area contributed by atoms with Crippen LogP contribution in [0.15, 0.2) is 45.7 Å². The third-order valence-corrected chi connectivity index (χ3v) is 14.6. The van der Waals surface area contributed by atoms with Gasteiger partial charge in [-0.05, 0) is 85.7 Å². The van der Waals surface area contributed by atoms with E-state index in [0.717, 1.165) is 37.0 Å². The van der Waals surface area contributed by atoms with Crippen LogP contribution in [0.1, 0.15) is 59.3 Å². The summed E-state index contributed by atoms with van der Waals surface area (Å²) in [5.74, 6) is 0.500. The van der Waals surface area contributed by atoms with Crippen LogP contribution in [0.3, 0.4) is 0 Å². The molecule has 1 spiro atoms. The van der Waals surface area contributed by atoms with Gasteiger partial charge in [0.25, 0.3) is 0 Å². The van der Waals surface area contributed by atoms with Gasteiger partial charge in [0.15, 0.2) is 8.32 Å². The van der Waals surface area contributed by atoms with Gasteiger partial charge in [0.1, 0.15) is 0 Å². The van der Waals surface area contributed by atoms with Crippen LogP contribution in [-0.2, 0) is 14.3 Å². The smallest absolute Gasteiger partial charge is 0.202 e. The van der Waals surface area contributed by atoms with E-state index in [2.05, 4.69) is 33.9 Å². The van der Waals surface area contributed by atoms with Crippen molar-refractivity contribution >= 4 is 18.2 Å². The molecule has 28 heavy (non-hydrogen) atoms. The van der Waals surface area contributed by atoms with E-state index in [1.54, 1.807) is 12.1 Å². The minimum atomic E-state index is -3.37. The van der Waals surface area contributed by atoms with E-state index in [1.807, 2.05) is 18.2 Å². The van der Waals surface area contributed by atoms with Crippen LogP contribution in [0.4, 0.5) is 0 Å². The van der Waals surface area contributed by atoms with Crippen LogP contribution >= 0.6 is 0 Å². The van der Waals surface area contributed by atoms with Crippen molar-refractivity contribution < 1.29 is 12.8 Å². The van der Waals surface area contributed by atoms with E-state index in [0.29, 0.717) is 23.3 Å². The Morgan fingerprint density at radius 1 is 1.04 bits per heavy atom. The molecule has 4 rings (SSSR count). The molecule has 3 aliphatic rings. The first-order valence-electron chi connectivity index (χ1n) is 10.7. The number of benzene rings is 1. The van der Waals surface area contributed by atoms with Gasteiger partial charge in [0.2, 0.25) is 9.84 Å². The molecule has 0 amide bonds. The zero-order chi connectivity index (χ0) is 20.4. The Morgan fingerprint density at radius 2 is 1.71 bits per heavy atom. The highest BCUT2D eigenvalue weighted by Crippen LogP contribution is 2.66. The minimum absolute atomic E-state index is 0.0875. The maximum atomic E-state index is 13.3. The standard InChI is InChI=1S/C23H34O3SSi/c1-22(2,3)28(4,5)26-20-13-15-23-16-14-21(19(23)12-11-18(20)23)27(24,25)17-9-7-6-8-10-17/h6-10,18,20H,11-16H2,1-5H3/t18-,20?,23-/m1/s1. The molecule has 0 N–H and O–H groups in total. The lowest BCUT2D eigenvalue weighted by Gasteiger charge is -2.40. The zero-order valence-electron chi connectivity index (χ0n) is 17.9. The molecule has 3 atom stereocenters. The monoisotopic (exact) mass is 418 g/mol. The molecule has 3 nitrogen and oxygen atoms in total. The van der Waals surface area contributed by atoms with Crippen LogP contribution in [0.2, 0.25) is 18.1 Å². The molecular formula is C23H34O3SSi. The van der Waals surface area contributed by atoms with Gasteiger partial charge in [-0.15, -0.1) is 0 Å². The topological polar surface area (TPSA) is 43.4 Å². The molecule has 2 fully saturated rings. The molecule has 2 saturated carbocycles. The molecule has 154 valence electrons. The summed E-state index contributed by atoms with van der Waals surface area (Å²) in [5.41, 5.74) is 1.34. The highest BCUT2D eigenvalue weighted by atomic mass is 32.2. The van der Waals surface area contributed by atoms with Crippen molar-refractivity contribution in [3.05, 3.63) is 40.8 Å². The Kier molecular flexibility index (Phi) is 4.76. The van der Waals surface area contributed by atoms with Crippen molar-refractivity contribution in [2.45, 2.75) is 88.4 Å². The van der Waals surface area contributed by atoms with Gasteiger partial charge in [-0.3, -0.25) is 0 Å². The summed E-state index contributed by atoms with van der Waals surface area (Å²) >= 11 is 0. The lowest BCUT2D eigenvalue weighted by molar-refractivity contribution is 0.112. The first-order valence-corrected chi connectivity index (χ1v) is 15.1. The normalized spacial score (nSPS) is 30.6. The SMILES string of the molecule is CC(C)(C)[Si](C)(C)OC1CC[C@]23CCC(S(=O)(=O)c4ccccc4)=C2CC[C@H]13. The molecule has 1 unspecified atom stereocenters. The molecule has 0 bridgehead atoms. The molecule has 0 radical (unpaired) electrons. The van der Waals surface area contributed by atoms with E-state index in [4.69, 9.17) is 4.43 Å². The molecule has 0 heterocycles. The average molecular weight is 419 g/mol. The third-order valence-electron chi connectivity index (χ3n) is 8.10. The van der Waals surface area contributed by atoms with Gasteiger partial charge in [0.05, 0.1) is 4.90 Å². The Balaban J connectivity index is 1.65. The average Bonchev–Trinajstić information content (AvgIpc) is 3.24. The van der Waals surface area contributed by atoms with Gasteiger partial charge in [-0.2, -0.15) is 0 Å². The number of hydrogen-bond donors (Lipinski definition) is 0. The minimum Gasteiger partial charge on any atom is -0.414 e. The highest BCUT2D eigenvalue weighted by molar-refractivity contribution is 7.95. The Labute approximate surface area is 171 Å². The summed E-state index contributed by atoms with van der Waals surface area (Å²) in [5, 5.41) is 0.206. The van der Waals surface area contributed by atoms with Gasteiger partial charge in [-0.25, -0.2) is 8.42 Å². The molecule has 0 saturated heterocycles. The van der Waals surface area contributed by atoms with E-state index < -0.39 is 18.2 Å². The largest absolute Gasteiger partial charge is 0.414 e. The molecule has 0 aromatic heterocycles. The molecule has 5 heteroatoms. The predicted molar refractivity (Wildman–Crippen MR) is 116 cm³/mol. The van der Waals surface area contributed by atoms with Gasteiger partial charge < -0.3 is 4.43 Å². The summed E-state index contributed by atoms with van der Waals surface area (Å²) in [6, 6.07) is 8.98. The quantitative estimate of drug-likeness (QED) is 0.556. The van der Waals surface area contributed by atoms with E-state index >= 15 is 0 Å². The van der Waals surface area contributed by atoms with Crippen molar-refractivity contribution in [2.24, 2.45) is 11.3 Å². The molecule has 0 aliphatic heterocycles. The van der Waals surface area contributed by atoms with Crippen LogP contribution in [-0.4, -0.2) is 22.8 Å². The number of sulfone groups is 1. The van der Waals surface area contributed by atoms with Crippen LogP contribution in [0.25, 0.3) is 0 Å². The van der Waals surface area contributed by atoms with Gasteiger partial charge in [-0.1, -0.05) is 39.0 Å². The second-order valence-electron chi connectivity index (χ2n) is 10.5. The fourth-order valence-electron chi connectivity index (χ4n) is 5.63. The highest BCUT2D eigenvalue weighted by Gasteiger charge is 2.59. The first kappa shape index (κ1) is 20.4. The van der Waals surface area contributed by atoms with Crippen molar-refractivity contribution in [1.82, 2.24) is 0 Å². The van der Waals surface area contributed by atoms with E-state index in [9.17, 15) is 8.42 Å². The van der Waals surface area contributed by atoms with Crippen molar-refractivity contribution in [3.63, 3.8) is 0 Å². The van der Waals surface area contributed by atoms with Gasteiger partial charge >= 0.3 is 0 Å².